The van der Waals surface area contributed by atoms with E-state index in [1.54, 1.807) is 6.07 Å². The van der Waals surface area contributed by atoms with E-state index >= 15 is 0 Å². The molecular weight excluding hydrogens is 472 g/mol. The normalized spacial score (nSPS) is 19.4. The summed E-state index contributed by atoms with van der Waals surface area (Å²) in [7, 11) is 1.47. The summed E-state index contributed by atoms with van der Waals surface area (Å²) in [5.74, 6) is 0.233. The van der Waals surface area contributed by atoms with Crippen molar-refractivity contribution in [1.29, 1.82) is 0 Å². The number of hydrogen-bond acceptors (Lipinski definition) is 3. The predicted molar refractivity (Wildman–Crippen MR) is 104 cm³/mol. The van der Waals surface area contributed by atoms with Gasteiger partial charge in [-0.1, -0.05) is 17.7 Å². The molecule has 0 saturated carbocycles. The van der Waals surface area contributed by atoms with E-state index in [1.807, 2.05) is 18.2 Å². The largest absolute Gasteiger partial charge is 0.416 e. The van der Waals surface area contributed by atoms with Crippen molar-refractivity contribution in [2.75, 3.05) is 31.6 Å². The number of aliphatic imine (C=N–C) groups is 1. The summed E-state index contributed by atoms with van der Waals surface area (Å²) in [5.41, 5.74) is 1.00. The first-order chi connectivity index (χ1) is 11.3. The van der Waals surface area contributed by atoms with Gasteiger partial charge in [0.25, 0.3) is 0 Å². The van der Waals surface area contributed by atoms with Crippen LogP contribution in [0.1, 0.15) is 6.42 Å². The highest BCUT2D eigenvalue weighted by atomic mass is 127. The second-order valence-corrected chi connectivity index (χ2v) is 6.00. The predicted octanol–water partition coefficient (Wildman–Crippen LogP) is 2.62. The van der Waals surface area contributed by atoms with Crippen molar-refractivity contribution in [1.82, 2.24) is 10.6 Å². The minimum atomic E-state index is -4.65. The fourth-order valence-corrected chi connectivity index (χ4v) is 2.67. The molecule has 1 aromatic rings. The number of hydrogen-bond donors (Lipinski definition) is 3. The minimum Gasteiger partial charge on any atom is -0.382 e. The van der Waals surface area contributed by atoms with E-state index in [0.29, 0.717) is 11.6 Å². The molecule has 0 bridgehead atoms. The Hall–Kier alpha value is -0.940. The number of benzene rings is 1. The van der Waals surface area contributed by atoms with Gasteiger partial charge in [0.1, 0.15) is 0 Å². The average Bonchev–Trinajstić information content (AvgIpc) is 2.98. The lowest BCUT2D eigenvalue weighted by molar-refractivity contribution is -0.201. The first kappa shape index (κ1) is 22.1. The Bertz CT molecular complexity index is 588. The number of anilines is 1. The molecule has 25 heavy (non-hydrogen) atoms. The second kappa shape index (κ2) is 9.67. The second-order valence-electron chi connectivity index (χ2n) is 5.57. The van der Waals surface area contributed by atoms with Crippen molar-refractivity contribution < 1.29 is 18.3 Å². The fourth-order valence-electron chi connectivity index (χ4n) is 2.48. The molecule has 2 rings (SSSR count). The van der Waals surface area contributed by atoms with Crippen LogP contribution < -0.4 is 15.5 Å². The molecule has 2 atom stereocenters. The van der Waals surface area contributed by atoms with Crippen molar-refractivity contribution in [3.63, 3.8) is 0 Å². The van der Waals surface area contributed by atoms with Gasteiger partial charge in [-0.15, -0.1) is 24.0 Å². The number of guanidine groups is 1. The van der Waals surface area contributed by atoms with Crippen LogP contribution >= 0.6 is 35.6 Å². The number of alkyl halides is 3. The third-order valence-electron chi connectivity index (χ3n) is 3.77. The van der Waals surface area contributed by atoms with Crippen LogP contribution in [0.5, 0.6) is 0 Å². The lowest BCUT2D eigenvalue weighted by atomic mass is 10.2. The molecule has 0 spiro atoms. The molecule has 0 aliphatic carbocycles. The molecule has 0 aromatic heterocycles. The molecule has 2 unspecified atom stereocenters. The summed E-state index contributed by atoms with van der Waals surface area (Å²) < 4.78 is 36.9. The molecule has 1 heterocycles. The molecule has 3 N–H and O–H groups in total. The van der Waals surface area contributed by atoms with E-state index < -0.39 is 18.8 Å². The Balaban J connectivity index is 0.00000312. The molecule has 10 heteroatoms. The van der Waals surface area contributed by atoms with Crippen LogP contribution in [0, 0.1) is 0 Å². The number of aliphatic hydroxyl groups is 1. The van der Waals surface area contributed by atoms with Crippen LogP contribution in [-0.2, 0) is 0 Å². The minimum absolute atomic E-state index is 0. The maximum absolute atomic E-state index is 12.3. The summed E-state index contributed by atoms with van der Waals surface area (Å²) in [6, 6.07) is 7.54. The molecule has 142 valence electrons. The fraction of sp³-hybridized carbons (Fsp3) is 0.533. The van der Waals surface area contributed by atoms with Gasteiger partial charge in [-0.3, -0.25) is 4.99 Å². The van der Waals surface area contributed by atoms with Gasteiger partial charge in [0.15, 0.2) is 12.1 Å². The molecule has 1 aliphatic rings. The first-order valence-electron chi connectivity index (χ1n) is 7.52. The van der Waals surface area contributed by atoms with Gasteiger partial charge in [0.2, 0.25) is 0 Å². The smallest absolute Gasteiger partial charge is 0.382 e. The van der Waals surface area contributed by atoms with Crippen LogP contribution in [0.2, 0.25) is 5.02 Å². The molecular formula is C15H21ClF3IN4O. The van der Waals surface area contributed by atoms with Gasteiger partial charge < -0.3 is 20.6 Å². The van der Waals surface area contributed by atoms with Crippen LogP contribution in [0.25, 0.3) is 0 Å². The van der Waals surface area contributed by atoms with Crippen LogP contribution in [0.3, 0.4) is 0 Å². The maximum Gasteiger partial charge on any atom is 0.416 e. The quantitative estimate of drug-likeness (QED) is 0.344. The van der Waals surface area contributed by atoms with E-state index in [9.17, 15) is 13.2 Å². The molecule has 1 aliphatic heterocycles. The Morgan fingerprint density at radius 1 is 1.48 bits per heavy atom. The van der Waals surface area contributed by atoms with Crippen molar-refractivity contribution in [2.45, 2.75) is 24.7 Å². The molecule has 5 nitrogen and oxygen atoms in total. The van der Waals surface area contributed by atoms with Crippen molar-refractivity contribution in [2.24, 2.45) is 4.99 Å². The zero-order valence-electron chi connectivity index (χ0n) is 13.6. The number of rotatable bonds is 4. The van der Waals surface area contributed by atoms with Gasteiger partial charge in [-0.25, -0.2) is 0 Å². The number of nitrogens with zero attached hydrogens (tertiary/aromatic N) is 2. The van der Waals surface area contributed by atoms with Gasteiger partial charge in [-0.05, 0) is 24.6 Å². The van der Waals surface area contributed by atoms with Crippen LogP contribution in [0.15, 0.2) is 29.3 Å². The summed E-state index contributed by atoms with van der Waals surface area (Å²) >= 11 is 5.99. The van der Waals surface area contributed by atoms with Crippen LogP contribution in [0.4, 0.5) is 18.9 Å². The first-order valence-corrected chi connectivity index (χ1v) is 7.90. The van der Waals surface area contributed by atoms with Crippen molar-refractivity contribution in [3.8, 4) is 0 Å². The van der Waals surface area contributed by atoms with Gasteiger partial charge >= 0.3 is 6.18 Å². The number of nitrogens with one attached hydrogen (secondary N) is 2. The third kappa shape index (κ3) is 6.70. The highest BCUT2D eigenvalue weighted by Crippen LogP contribution is 2.23. The Morgan fingerprint density at radius 2 is 2.20 bits per heavy atom. The van der Waals surface area contributed by atoms with Crippen molar-refractivity contribution in [3.05, 3.63) is 29.3 Å². The van der Waals surface area contributed by atoms with Gasteiger partial charge in [0, 0.05) is 36.9 Å². The topological polar surface area (TPSA) is 59.9 Å². The third-order valence-corrected chi connectivity index (χ3v) is 4.00. The van der Waals surface area contributed by atoms with E-state index in [4.69, 9.17) is 16.7 Å². The highest BCUT2D eigenvalue weighted by molar-refractivity contribution is 14.0. The summed E-state index contributed by atoms with van der Waals surface area (Å²) in [5, 5.41) is 15.2. The Morgan fingerprint density at radius 3 is 2.80 bits per heavy atom. The highest BCUT2D eigenvalue weighted by Gasteiger charge is 2.38. The molecule has 1 aromatic carbocycles. The summed E-state index contributed by atoms with van der Waals surface area (Å²) in [4.78, 5) is 6.03. The lowest BCUT2D eigenvalue weighted by Crippen LogP contribution is -2.48. The van der Waals surface area contributed by atoms with E-state index in [-0.39, 0.29) is 36.0 Å². The SMILES string of the molecule is CN=C(NCC(O)C(F)(F)F)NC1CCN(c2cccc(Cl)c2)C1.I. The summed E-state index contributed by atoms with van der Waals surface area (Å²) in [6.45, 7) is 0.844. The van der Waals surface area contributed by atoms with E-state index in [2.05, 4.69) is 20.5 Å². The molecule has 0 amide bonds. The zero-order valence-corrected chi connectivity index (χ0v) is 16.6. The van der Waals surface area contributed by atoms with Crippen molar-refractivity contribution >= 4 is 47.2 Å². The molecule has 0 radical (unpaired) electrons. The lowest BCUT2D eigenvalue weighted by Gasteiger charge is -2.21. The summed E-state index contributed by atoms with van der Waals surface area (Å²) in [6.07, 6.45) is -6.26. The Labute approximate surface area is 166 Å². The van der Waals surface area contributed by atoms with Gasteiger partial charge in [-0.2, -0.15) is 13.2 Å². The Kier molecular flexibility index (Phi) is 8.55. The number of aliphatic hydroxyl groups excluding tert-OH is 1. The van der Waals surface area contributed by atoms with Gasteiger partial charge in [0.05, 0.1) is 6.54 Å². The van der Waals surface area contributed by atoms with E-state index in [0.717, 1.165) is 18.7 Å². The molecule has 1 fully saturated rings. The molecule has 1 saturated heterocycles. The van der Waals surface area contributed by atoms with E-state index in [1.165, 1.54) is 7.05 Å². The maximum atomic E-state index is 12.3. The monoisotopic (exact) mass is 492 g/mol. The average molecular weight is 493 g/mol. The standard InChI is InChI=1S/C15H20ClF3N4O.HI/c1-20-14(21-8-13(24)15(17,18)19)22-11-5-6-23(9-11)12-4-2-3-10(16)7-12;/h2-4,7,11,13,24H,5-6,8-9H2,1H3,(H2,20,21,22);1H. The number of halogens is 5. The van der Waals surface area contributed by atoms with Crippen LogP contribution in [-0.4, -0.2) is 56.1 Å². The zero-order chi connectivity index (χ0) is 17.7.